The first kappa shape index (κ1) is 22.8. The lowest BCUT2D eigenvalue weighted by molar-refractivity contribution is -0.122. The van der Waals surface area contributed by atoms with Crippen molar-refractivity contribution >= 4 is 57.8 Å². The molecule has 0 aromatic heterocycles. The molecule has 0 spiro atoms. The van der Waals surface area contributed by atoms with Crippen LogP contribution in [0.1, 0.15) is 28.8 Å². The average Bonchev–Trinajstić information content (AvgIpc) is 3.38. The Balaban J connectivity index is 1.29. The highest BCUT2D eigenvalue weighted by atomic mass is 32.2. The molecule has 0 atom stereocenters. The third-order valence-corrected chi connectivity index (χ3v) is 6.32. The first-order valence-electron chi connectivity index (χ1n) is 10.1. The number of carbonyl (C=O) groups is 3. The van der Waals surface area contributed by atoms with Crippen LogP contribution >= 0.6 is 24.0 Å². The summed E-state index contributed by atoms with van der Waals surface area (Å²) in [5.74, 6) is 0.459. The zero-order chi connectivity index (χ0) is 23.4. The zero-order valence-electron chi connectivity index (χ0n) is 17.7. The molecular formula is C23H20N2O6S2. The largest absolute Gasteiger partial charge is 0.465 e. The SMILES string of the molecule is COC(=O)c1ccc(C=C2SC(=S)N(CCCC(=O)Nc3ccc4c(c3)OCO4)C2=O)cc1. The van der Waals surface area contributed by atoms with Gasteiger partial charge in [-0.3, -0.25) is 14.5 Å². The van der Waals surface area contributed by atoms with Crippen molar-refractivity contribution in [2.45, 2.75) is 12.8 Å². The fraction of sp³-hybridized carbons (Fsp3) is 0.217. The Morgan fingerprint density at radius 3 is 2.70 bits per heavy atom. The summed E-state index contributed by atoms with van der Waals surface area (Å²) in [6.45, 7) is 0.515. The minimum Gasteiger partial charge on any atom is -0.465 e. The Kier molecular flexibility index (Phi) is 6.95. The second-order valence-corrected chi connectivity index (χ2v) is 8.84. The van der Waals surface area contributed by atoms with E-state index in [1.807, 2.05) is 0 Å². The lowest BCUT2D eigenvalue weighted by Gasteiger charge is -2.14. The lowest BCUT2D eigenvalue weighted by Crippen LogP contribution is -2.29. The molecule has 0 radical (unpaired) electrons. The topological polar surface area (TPSA) is 94.2 Å². The standard InChI is InChI=1S/C23H20N2O6S2/c1-29-22(28)15-6-4-14(5-7-15)11-19-21(27)25(23(32)33-19)10-2-3-20(26)24-16-8-9-17-18(12-16)31-13-30-17/h4-9,11-12H,2-3,10,13H2,1H3,(H,24,26). The van der Waals surface area contributed by atoms with Crippen molar-refractivity contribution in [3.63, 3.8) is 0 Å². The van der Waals surface area contributed by atoms with Gasteiger partial charge in [0.15, 0.2) is 11.5 Å². The van der Waals surface area contributed by atoms with Gasteiger partial charge in [0.05, 0.1) is 17.6 Å². The van der Waals surface area contributed by atoms with Crippen LogP contribution in [-0.4, -0.2) is 47.5 Å². The normalized spacial score (nSPS) is 15.8. The second kappa shape index (κ2) is 10.1. The molecule has 2 aliphatic heterocycles. The smallest absolute Gasteiger partial charge is 0.337 e. The van der Waals surface area contributed by atoms with Gasteiger partial charge < -0.3 is 19.5 Å². The molecule has 4 rings (SSSR count). The Morgan fingerprint density at radius 1 is 1.18 bits per heavy atom. The predicted molar refractivity (Wildman–Crippen MR) is 128 cm³/mol. The fourth-order valence-electron chi connectivity index (χ4n) is 3.27. The number of thiocarbonyl (C=S) groups is 1. The van der Waals surface area contributed by atoms with Crippen LogP contribution in [0.4, 0.5) is 5.69 Å². The summed E-state index contributed by atoms with van der Waals surface area (Å²) in [7, 11) is 1.32. The third kappa shape index (κ3) is 5.35. The molecule has 2 amide bonds. The Morgan fingerprint density at radius 2 is 1.94 bits per heavy atom. The number of amides is 2. The molecule has 2 aromatic carbocycles. The van der Waals surface area contributed by atoms with Gasteiger partial charge in [0, 0.05) is 24.7 Å². The quantitative estimate of drug-likeness (QED) is 0.360. The van der Waals surface area contributed by atoms with E-state index in [-0.39, 0.29) is 25.0 Å². The van der Waals surface area contributed by atoms with Crippen LogP contribution in [0.5, 0.6) is 11.5 Å². The van der Waals surface area contributed by atoms with Crippen LogP contribution in [0.3, 0.4) is 0 Å². The molecular weight excluding hydrogens is 464 g/mol. The van der Waals surface area contributed by atoms with E-state index in [1.165, 1.54) is 23.8 Å². The maximum Gasteiger partial charge on any atom is 0.337 e. The van der Waals surface area contributed by atoms with Crippen molar-refractivity contribution < 1.29 is 28.6 Å². The van der Waals surface area contributed by atoms with Crippen molar-refractivity contribution in [2.75, 3.05) is 25.8 Å². The van der Waals surface area contributed by atoms with Crippen molar-refractivity contribution in [1.29, 1.82) is 0 Å². The van der Waals surface area contributed by atoms with Gasteiger partial charge in [0.25, 0.3) is 5.91 Å². The number of carbonyl (C=O) groups excluding carboxylic acids is 3. The number of fused-ring (bicyclic) bond motifs is 1. The van der Waals surface area contributed by atoms with E-state index in [2.05, 4.69) is 10.1 Å². The number of esters is 1. The molecule has 170 valence electrons. The number of hydrogen-bond donors (Lipinski definition) is 1. The van der Waals surface area contributed by atoms with Crippen molar-refractivity contribution in [1.82, 2.24) is 4.90 Å². The molecule has 1 fully saturated rings. The van der Waals surface area contributed by atoms with Crippen LogP contribution in [0, 0.1) is 0 Å². The number of nitrogens with one attached hydrogen (secondary N) is 1. The zero-order valence-corrected chi connectivity index (χ0v) is 19.3. The van der Waals surface area contributed by atoms with Crippen molar-refractivity contribution in [3.8, 4) is 11.5 Å². The Bertz CT molecular complexity index is 1150. The molecule has 0 bridgehead atoms. The molecule has 0 unspecified atom stereocenters. The number of ether oxygens (including phenoxy) is 3. The summed E-state index contributed by atoms with van der Waals surface area (Å²) in [6.07, 6.45) is 2.43. The lowest BCUT2D eigenvalue weighted by atomic mass is 10.1. The van der Waals surface area contributed by atoms with Crippen LogP contribution in [0.2, 0.25) is 0 Å². The van der Waals surface area contributed by atoms with Gasteiger partial charge in [-0.2, -0.15) is 0 Å². The Labute approximate surface area is 199 Å². The molecule has 8 nitrogen and oxygen atoms in total. The maximum atomic E-state index is 12.8. The van der Waals surface area contributed by atoms with Crippen molar-refractivity contribution in [2.24, 2.45) is 0 Å². The highest BCUT2D eigenvalue weighted by Crippen LogP contribution is 2.35. The number of benzene rings is 2. The van der Waals surface area contributed by atoms with Gasteiger partial charge in [-0.1, -0.05) is 36.1 Å². The highest BCUT2D eigenvalue weighted by molar-refractivity contribution is 8.26. The minimum absolute atomic E-state index is 0.166. The maximum absolute atomic E-state index is 12.8. The van der Waals surface area contributed by atoms with E-state index >= 15 is 0 Å². The molecule has 1 N–H and O–H groups in total. The van der Waals surface area contributed by atoms with E-state index in [4.69, 9.17) is 21.7 Å². The minimum atomic E-state index is -0.421. The fourth-order valence-corrected chi connectivity index (χ4v) is 4.58. The molecule has 2 aliphatic rings. The number of nitrogens with zero attached hydrogens (tertiary/aromatic N) is 1. The van der Waals surface area contributed by atoms with Gasteiger partial charge >= 0.3 is 5.97 Å². The number of anilines is 1. The second-order valence-electron chi connectivity index (χ2n) is 7.17. The molecule has 1 saturated heterocycles. The van der Waals surface area contributed by atoms with Gasteiger partial charge in [-0.05, 0) is 42.3 Å². The summed E-state index contributed by atoms with van der Waals surface area (Å²) in [5.41, 5.74) is 1.82. The van der Waals surface area contributed by atoms with Gasteiger partial charge in [-0.15, -0.1) is 0 Å². The van der Waals surface area contributed by atoms with Gasteiger partial charge in [0.1, 0.15) is 4.32 Å². The number of hydrogen-bond acceptors (Lipinski definition) is 8. The number of methoxy groups -OCH3 is 1. The van der Waals surface area contributed by atoms with E-state index in [0.29, 0.717) is 44.9 Å². The van der Waals surface area contributed by atoms with E-state index in [0.717, 1.165) is 5.56 Å². The molecule has 2 heterocycles. The molecule has 0 aliphatic carbocycles. The molecule has 10 heteroatoms. The highest BCUT2D eigenvalue weighted by Gasteiger charge is 2.31. The van der Waals surface area contributed by atoms with E-state index < -0.39 is 5.97 Å². The van der Waals surface area contributed by atoms with Crippen LogP contribution in [-0.2, 0) is 14.3 Å². The monoisotopic (exact) mass is 484 g/mol. The predicted octanol–water partition coefficient (Wildman–Crippen LogP) is 3.82. The Hall–Kier alpha value is -3.37. The van der Waals surface area contributed by atoms with Gasteiger partial charge in [0.2, 0.25) is 12.7 Å². The average molecular weight is 485 g/mol. The summed E-state index contributed by atoms with van der Waals surface area (Å²) in [5, 5.41) is 2.82. The van der Waals surface area contributed by atoms with Crippen LogP contribution in [0.15, 0.2) is 47.4 Å². The summed E-state index contributed by atoms with van der Waals surface area (Å²) in [6, 6.07) is 11.9. The molecule has 0 saturated carbocycles. The number of rotatable bonds is 7. The number of thioether (sulfide) groups is 1. The van der Waals surface area contributed by atoms with Crippen LogP contribution < -0.4 is 14.8 Å². The van der Waals surface area contributed by atoms with E-state index in [1.54, 1.807) is 48.5 Å². The third-order valence-electron chi connectivity index (χ3n) is 4.95. The summed E-state index contributed by atoms with van der Waals surface area (Å²) >= 11 is 6.57. The van der Waals surface area contributed by atoms with Crippen molar-refractivity contribution in [3.05, 3.63) is 58.5 Å². The van der Waals surface area contributed by atoms with Gasteiger partial charge in [-0.25, -0.2) is 4.79 Å². The molecule has 33 heavy (non-hydrogen) atoms. The summed E-state index contributed by atoms with van der Waals surface area (Å²) < 4.78 is 15.7. The van der Waals surface area contributed by atoms with Crippen LogP contribution in [0.25, 0.3) is 6.08 Å². The first-order chi connectivity index (χ1) is 15.9. The molecule has 2 aromatic rings. The first-order valence-corrected chi connectivity index (χ1v) is 11.3. The summed E-state index contributed by atoms with van der Waals surface area (Å²) in [4.78, 5) is 38.6. The van der Waals surface area contributed by atoms with E-state index in [9.17, 15) is 14.4 Å².